The van der Waals surface area contributed by atoms with Gasteiger partial charge in [-0.3, -0.25) is 0 Å². The predicted octanol–water partition coefficient (Wildman–Crippen LogP) is 18.0. The predicted molar refractivity (Wildman–Crippen MR) is 277 cm³/mol. The van der Waals surface area contributed by atoms with Gasteiger partial charge in [0.25, 0.3) is 0 Å². The zero-order valence-corrected chi connectivity index (χ0v) is 35.9. The van der Waals surface area contributed by atoms with E-state index in [0.717, 1.165) is 28.2 Å². The van der Waals surface area contributed by atoms with Gasteiger partial charge < -0.3 is 4.90 Å². The minimum absolute atomic E-state index is 1.07. The van der Waals surface area contributed by atoms with Crippen LogP contribution < -0.4 is 4.90 Å². The molecule has 0 saturated carbocycles. The SMILES string of the molecule is c1ccc(-c2ccc(-c3ccc(N(c4cccc(-c5cccc6ccccc56)c4)c4ccccc4-c4ccc(-c5ccccc5)cc4-c4ccccc4-c4ccccc4)cc3)cc2)cc1. The Labute approximate surface area is 381 Å². The van der Waals surface area contributed by atoms with E-state index in [9.17, 15) is 0 Å². The Bertz CT molecular complexity index is 3390. The van der Waals surface area contributed by atoms with E-state index in [1.807, 2.05) is 0 Å². The van der Waals surface area contributed by atoms with Crippen LogP contribution in [0.5, 0.6) is 0 Å². The molecule has 0 heterocycles. The van der Waals surface area contributed by atoms with Gasteiger partial charge in [0.2, 0.25) is 0 Å². The van der Waals surface area contributed by atoms with Gasteiger partial charge in [-0.15, -0.1) is 0 Å². The summed E-state index contributed by atoms with van der Waals surface area (Å²) in [6, 6.07) is 98.9. The number of para-hydroxylation sites is 1. The standard InChI is InChI=1S/C64H45N/c1-4-18-46(19-5-1)48-34-36-49(37-35-48)50-38-41-55(42-39-50)65(56-27-16-26-54(44-56)59-32-17-25-52-24-10-11-28-57(52)59)64-33-15-14-31-62(64)61-43-40-53(47-20-6-2-7-21-47)45-63(61)60-30-13-12-29-58(60)51-22-8-3-9-23-51/h1-45H. The molecule has 65 heavy (non-hydrogen) atoms. The zero-order valence-electron chi connectivity index (χ0n) is 35.9. The number of nitrogens with zero attached hydrogens (tertiary/aromatic N) is 1. The minimum atomic E-state index is 1.07. The lowest BCUT2D eigenvalue weighted by molar-refractivity contribution is 1.28. The van der Waals surface area contributed by atoms with Crippen LogP contribution in [0.1, 0.15) is 0 Å². The summed E-state index contributed by atoms with van der Waals surface area (Å²) in [5, 5.41) is 2.47. The van der Waals surface area contributed by atoms with Gasteiger partial charge in [0.15, 0.2) is 0 Å². The molecule has 11 aromatic rings. The van der Waals surface area contributed by atoms with E-state index in [-0.39, 0.29) is 0 Å². The number of anilines is 3. The van der Waals surface area contributed by atoms with Crippen molar-refractivity contribution in [3.8, 4) is 77.9 Å². The third-order valence-corrected chi connectivity index (χ3v) is 12.5. The van der Waals surface area contributed by atoms with Gasteiger partial charge >= 0.3 is 0 Å². The van der Waals surface area contributed by atoms with Crippen molar-refractivity contribution in [1.29, 1.82) is 0 Å². The second-order valence-electron chi connectivity index (χ2n) is 16.5. The van der Waals surface area contributed by atoms with E-state index in [0.29, 0.717) is 0 Å². The Morgan fingerprint density at radius 2 is 0.646 bits per heavy atom. The summed E-state index contributed by atoms with van der Waals surface area (Å²) >= 11 is 0. The van der Waals surface area contributed by atoms with E-state index in [1.165, 1.54) is 77.5 Å². The molecule has 0 spiro atoms. The van der Waals surface area contributed by atoms with Crippen molar-refractivity contribution in [2.75, 3.05) is 4.90 Å². The maximum atomic E-state index is 2.43. The number of rotatable bonds is 10. The minimum Gasteiger partial charge on any atom is -0.310 e. The summed E-state index contributed by atoms with van der Waals surface area (Å²) in [5.41, 5.74) is 19.8. The Balaban J connectivity index is 1.09. The molecule has 0 atom stereocenters. The van der Waals surface area contributed by atoms with Crippen molar-refractivity contribution in [1.82, 2.24) is 0 Å². The zero-order chi connectivity index (χ0) is 43.4. The fourth-order valence-corrected chi connectivity index (χ4v) is 9.30. The summed E-state index contributed by atoms with van der Waals surface area (Å²) in [6.45, 7) is 0. The van der Waals surface area contributed by atoms with Crippen molar-refractivity contribution < 1.29 is 0 Å². The summed E-state index contributed by atoms with van der Waals surface area (Å²) in [7, 11) is 0. The molecule has 11 aromatic carbocycles. The van der Waals surface area contributed by atoms with Crippen LogP contribution in [-0.4, -0.2) is 0 Å². The lowest BCUT2D eigenvalue weighted by Gasteiger charge is -2.29. The molecule has 0 amide bonds. The third kappa shape index (κ3) is 7.93. The lowest BCUT2D eigenvalue weighted by atomic mass is 9.86. The fourth-order valence-electron chi connectivity index (χ4n) is 9.30. The summed E-state index contributed by atoms with van der Waals surface area (Å²) in [6.07, 6.45) is 0. The molecule has 0 aliphatic rings. The largest absolute Gasteiger partial charge is 0.310 e. The molecule has 0 aliphatic carbocycles. The lowest BCUT2D eigenvalue weighted by Crippen LogP contribution is -2.11. The second-order valence-corrected chi connectivity index (χ2v) is 16.5. The van der Waals surface area contributed by atoms with Gasteiger partial charge in [-0.1, -0.05) is 237 Å². The Morgan fingerprint density at radius 3 is 1.34 bits per heavy atom. The maximum Gasteiger partial charge on any atom is 0.0540 e. The van der Waals surface area contributed by atoms with Crippen molar-refractivity contribution in [2.45, 2.75) is 0 Å². The van der Waals surface area contributed by atoms with Crippen molar-refractivity contribution >= 4 is 27.8 Å². The average Bonchev–Trinajstić information content (AvgIpc) is 3.40. The number of benzene rings is 11. The van der Waals surface area contributed by atoms with E-state index in [4.69, 9.17) is 0 Å². The van der Waals surface area contributed by atoms with Crippen molar-refractivity contribution in [2.24, 2.45) is 0 Å². The average molecular weight is 828 g/mol. The van der Waals surface area contributed by atoms with Gasteiger partial charge in [0, 0.05) is 16.9 Å². The van der Waals surface area contributed by atoms with Crippen molar-refractivity contribution in [3.05, 3.63) is 273 Å². The molecule has 0 aromatic heterocycles. The van der Waals surface area contributed by atoms with E-state index < -0.39 is 0 Å². The molecular formula is C64H45N. The Hall–Kier alpha value is -8.52. The van der Waals surface area contributed by atoms with Crippen LogP contribution in [0.25, 0.3) is 88.7 Å². The number of fused-ring (bicyclic) bond motifs is 1. The van der Waals surface area contributed by atoms with Crippen LogP contribution in [0.2, 0.25) is 0 Å². The molecule has 0 N–H and O–H groups in total. The van der Waals surface area contributed by atoms with Gasteiger partial charge in [0.1, 0.15) is 0 Å². The first-order valence-corrected chi connectivity index (χ1v) is 22.3. The molecule has 0 fully saturated rings. The highest BCUT2D eigenvalue weighted by atomic mass is 15.1. The normalized spacial score (nSPS) is 11.1. The molecule has 0 saturated heterocycles. The molecule has 11 rings (SSSR count). The van der Waals surface area contributed by atoms with Crippen LogP contribution >= 0.6 is 0 Å². The maximum absolute atomic E-state index is 2.43. The molecule has 0 radical (unpaired) electrons. The van der Waals surface area contributed by atoms with Gasteiger partial charge in [-0.05, 0) is 119 Å². The Morgan fingerprint density at radius 1 is 0.200 bits per heavy atom. The molecule has 306 valence electrons. The quantitative estimate of drug-likeness (QED) is 0.133. The van der Waals surface area contributed by atoms with Crippen LogP contribution in [0.15, 0.2) is 273 Å². The first kappa shape index (κ1) is 39.3. The van der Waals surface area contributed by atoms with E-state index >= 15 is 0 Å². The first-order chi connectivity index (χ1) is 32.2. The highest BCUT2D eigenvalue weighted by Crippen LogP contribution is 2.47. The van der Waals surface area contributed by atoms with Gasteiger partial charge in [-0.25, -0.2) is 0 Å². The number of hydrogen-bond donors (Lipinski definition) is 0. The van der Waals surface area contributed by atoms with Crippen molar-refractivity contribution in [3.63, 3.8) is 0 Å². The van der Waals surface area contributed by atoms with Crippen LogP contribution in [0, 0.1) is 0 Å². The van der Waals surface area contributed by atoms with Crippen LogP contribution in [0.4, 0.5) is 17.1 Å². The summed E-state index contributed by atoms with van der Waals surface area (Å²) in [5.74, 6) is 0. The van der Waals surface area contributed by atoms with Crippen LogP contribution in [-0.2, 0) is 0 Å². The molecule has 0 aliphatic heterocycles. The molecule has 1 heteroatoms. The first-order valence-electron chi connectivity index (χ1n) is 22.3. The van der Waals surface area contributed by atoms with E-state index in [1.54, 1.807) is 0 Å². The highest BCUT2D eigenvalue weighted by molar-refractivity contribution is 6.00. The second kappa shape index (κ2) is 17.7. The summed E-state index contributed by atoms with van der Waals surface area (Å²) < 4.78 is 0. The smallest absolute Gasteiger partial charge is 0.0540 e. The van der Waals surface area contributed by atoms with Gasteiger partial charge in [0.05, 0.1) is 5.69 Å². The number of hydrogen-bond acceptors (Lipinski definition) is 1. The third-order valence-electron chi connectivity index (χ3n) is 12.5. The highest BCUT2D eigenvalue weighted by Gasteiger charge is 2.22. The fraction of sp³-hybridized carbons (Fsp3) is 0. The molecular weight excluding hydrogens is 783 g/mol. The van der Waals surface area contributed by atoms with Gasteiger partial charge in [-0.2, -0.15) is 0 Å². The topological polar surface area (TPSA) is 3.24 Å². The molecule has 0 unspecified atom stereocenters. The molecule has 0 bridgehead atoms. The summed E-state index contributed by atoms with van der Waals surface area (Å²) in [4.78, 5) is 2.43. The molecule has 1 nitrogen and oxygen atoms in total. The monoisotopic (exact) mass is 827 g/mol. The Kier molecular flexibility index (Phi) is 10.7. The van der Waals surface area contributed by atoms with Crippen LogP contribution in [0.3, 0.4) is 0 Å². The van der Waals surface area contributed by atoms with E-state index in [2.05, 4.69) is 278 Å².